The van der Waals surface area contributed by atoms with Gasteiger partial charge in [0.05, 0.1) is 9.83 Å². The van der Waals surface area contributed by atoms with Crippen molar-refractivity contribution in [1.29, 1.82) is 0 Å². The van der Waals surface area contributed by atoms with Gasteiger partial charge in [-0.25, -0.2) is 0 Å². The molecular weight excluding hydrogens is 364 g/mol. The van der Waals surface area contributed by atoms with Crippen molar-refractivity contribution < 1.29 is 0 Å². The number of benzene rings is 1. The molecule has 0 spiro atoms. The molecule has 90 valence electrons. The van der Waals surface area contributed by atoms with Gasteiger partial charge in [0.1, 0.15) is 0 Å². The number of nitrogens with one attached hydrogen (secondary N) is 1. The van der Waals surface area contributed by atoms with Crippen molar-refractivity contribution in [3.05, 3.63) is 55.1 Å². The minimum atomic E-state index is 0.145. The Kier molecular flexibility index (Phi) is 4.76. The molecule has 0 saturated carbocycles. The number of hydrazine groups is 1. The quantitative estimate of drug-likeness (QED) is 0.625. The van der Waals surface area contributed by atoms with Gasteiger partial charge in [-0.2, -0.15) is 0 Å². The van der Waals surface area contributed by atoms with E-state index < -0.39 is 0 Å². The Morgan fingerprint density at radius 1 is 1.29 bits per heavy atom. The van der Waals surface area contributed by atoms with Gasteiger partial charge in [0.25, 0.3) is 0 Å². The van der Waals surface area contributed by atoms with E-state index in [9.17, 15) is 0 Å². The van der Waals surface area contributed by atoms with Crippen LogP contribution in [0.25, 0.3) is 0 Å². The highest BCUT2D eigenvalue weighted by molar-refractivity contribution is 9.11. The zero-order valence-electron chi connectivity index (χ0n) is 8.99. The molecule has 1 aromatic carbocycles. The first-order chi connectivity index (χ1) is 8.19. The van der Waals surface area contributed by atoms with Crippen LogP contribution in [0.5, 0.6) is 0 Å². The lowest BCUT2D eigenvalue weighted by Crippen LogP contribution is -2.29. The molecule has 2 aromatic rings. The van der Waals surface area contributed by atoms with E-state index in [1.807, 2.05) is 12.1 Å². The standard InChI is InChI=1S/C12H12Br2N2S/c13-10-3-1-2-8(4-10)5-11(16-15)9-6-12(14)17-7-9/h1-4,6-7,11,16H,5,15H2. The summed E-state index contributed by atoms with van der Waals surface area (Å²) in [7, 11) is 0. The second-order valence-corrected chi connectivity index (χ2v) is 6.94. The minimum Gasteiger partial charge on any atom is -0.271 e. The van der Waals surface area contributed by atoms with Gasteiger partial charge >= 0.3 is 0 Å². The molecule has 5 heteroatoms. The van der Waals surface area contributed by atoms with E-state index in [-0.39, 0.29) is 6.04 Å². The molecule has 0 fully saturated rings. The first-order valence-corrected chi connectivity index (χ1v) is 7.60. The Labute approximate surface area is 121 Å². The second kappa shape index (κ2) is 6.11. The molecule has 1 heterocycles. The summed E-state index contributed by atoms with van der Waals surface area (Å²) in [6, 6.07) is 10.5. The summed E-state index contributed by atoms with van der Waals surface area (Å²) in [4.78, 5) is 0. The lowest BCUT2D eigenvalue weighted by Gasteiger charge is -2.14. The van der Waals surface area contributed by atoms with E-state index in [4.69, 9.17) is 5.84 Å². The van der Waals surface area contributed by atoms with Crippen LogP contribution in [0.4, 0.5) is 0 Å². The van der Waals surface area contributed by atoms with Crippen molar-refractivity contribution in [3.63, 3.8) is 0 Å². The molecular formula is C12H12Br2N2S. The topological polar surface area (TPSA) is 38.0 Å². The number of hydrogen-bond acceptors (Lipinski definition) is 3. The molecule has 1 atom stereocenters. The fourth-order valence-corrected chi connectivity index (χ4v) is 3.36. The molecule has 0 radical (unpaired) electrons. The Morgan fingerprint density at radius 3 is 2.71 bits per heavy atom. The van der Waals surface area contributed by atoms with Gasteiger partial charge in [0, 0.05) is 4.47 Å². The van der Waals surface area contributed by atoms with Crippen molar-refractivity contribution in [1.82, 2.24) is 5.43 Å². The predicted octanol–water partition coefficient (Wildman–Crippen LogP) is 4.02. The van der Waals surface area contributed by atoms with Crippen LogP contribution < -0.4 is 11.3 Å². The van der Waals surface area contributed by atoms with Gasteiger partial charge in [0.15, 0.2) is 0 Å². The molecule has 2 rings (SSSR count). The summed E-state index contributed by atoms with van der Waals surface area (Å²) in [6.07, 6.45) is 0.874. The number of hydrogen-bond donors (Lipinski definition) is 2. The van der Waals surface area contributed by atoms with Crippen molar-refractivity contribution in [3.8, 4) is 0 Å². The Hall–Kier alpha value is -0.200. The summed E-state index contributed by atoms with van der Waals surface area (Å²) in [5, 5.41) is 2.12. The highest BCUT2D eigenvalue weighted by Crippen LogP contribution is 2.27. The van der Waals surface area contributed by atoms with E-state index in [1.54, 1.807) is 11.3 Å². The highest BCUT2D eigenvalue weighted by Gasteiger charge is 2.12. The van der Waals surface area contributed by atoms with E-state index in [1.165, 1.54) is 11.1 Å². The first-order valence-electron chi connectivity index (χ1n) is 5.13. The molecule has 0 aliphatic carbocycles. The number of halogens is 2. The molecule has 0 saturated heterocycles. The third-order valence-corrected chi connectivity index (χ3v) is 4.54. The van der Waals surface area contributed by atoms with E-state index in [0.717, 1.165) is 14.7 Å². The van der Waals surface area contributed by atoms with Gasteiger partial charge in [-0.15, -0.1) is 11.3 Å². The summed E-state index contributed by atoms with van der Waals surface area (Å²) in [5.74, 6) is 5.63. The lowest BCUT2D eigenvalue weighted by molar-refractivity contribution is 0.553. The molecule has 1 aromatic heterocycles. The Bertz CT molecular complexity index is 499. The van der Waals surface area contributed by atoms with Crippen LogP contribution in [0.1, 0.15) is 17.2 Å². The van der Waals surface area contributed by atoms with Crippen LogP contribution >= 0.6 is 43.2 Å². The lowest BCUT2D eigenvalue weighted by atomic mass is 10.0. The highest BCUT2D eigenvalue weighted by atomic mass is 79.9. The molecule has 17 heavy (non-hydrogen) atoms. The molecule has 1 unspecified atom stereocenters. The predicted molar refractivity (Wildman–Crippen MR) is 79.9 cm³/mol. The number of nitrogens with two attached hydrogens (primary N) is 1. The fraction of sp³-hybridized carbons (Fsp3) is 0.167. The smallest absolute Gasteiger partial charge is 0.0701 e. The third kappa shape index (κ3) is 3.63. The van der Waals surface area contributed by atoms with E-state index in [0.29, 0.717) is 0 Å². The Balaban J connectivity index is 2.15. The van der Waals surface area contributed by atoms with Crippen LogP contribution in [0.15, 0.2) is 44.0 Å². The average molecular weight is 376 g/mol. The monoisotopic (exact) mass is 374 g/mol. The van der Waals surface area contributed by atoms with Crippen molar-refractivity contribution in [2.45, 2.75) is 12.5 Å². The van der Waals surface area contributed by atoms with Crippen LogP contribution in [0.2, 0.25) is 0 Å². The molecule has 3 N–H and O–H groups in total. The van der Waals surface area contributed by atoms with Crippen LogP contribution in [0.3, 0.4) is 0 Å². The maximum atomic E-state index is 5.63. The van der Waals surface area contributed by atoms with E-state index in [2.05, 4.69) is 60.9 Å². The number of rotatable bonds is 4. The molecule has 0 aliphatic heterocycles. The summed E-state index contributed by atoms with van der Waals surface area (Å²) in [6.45, 7) is 0. The summed E-state index contributed by atoms with van der Waals surface area (Å²) >= 11 is 8.62. The molecule has 0 bridgehead atoms. The van der Waals surface area contributed by atoms with Crippen molar-refractivity contribution in [2.24, 2.45) is 5.84 Å². The van der Waals surface area contributed by atoms with Crippen molar-refractivity contribution in [2.75, 3.05) is 0 Å². The van der Waals surface area contributed by atoms with Gasteiger partial charge < -0.3 is 0 Å². The largest absolute Gasteiger partial charge is 0.271 e. The second-order valence-electron chi connectivity index (χ2n) is 3.74. The molecule has 0 aliphatic rings. The van der Waals surface area contributed by atoms with Crippen LogP contribution in [-0.2, 0) is 6.42 Å². The van der Waals surface area contributed by atoms with E-state index >= 15 is 0 Å². The molecule has 2 nitrogen and oxygen atoms in total. The number of thiophene rings is 1. The maximum Gasteiger partial charge on any atom is 0.0701 e. The third-order valence-electron chi connectivity index (χ3n) is 2.52. The normalized spacial score (nSPS) is 12.6. The first kappa shape index (κ1) is 13.2. The Morgan fingerprint density at radius 2 is 2.12 bits per heavy atom. The minimum absolute atomic E-state index is 0.145. The zero-order chi connectivity index (χ0) is 12.3. The zero-order valence-corrected chi connectivity index (χ0v) is 13.0. The average Bonchev–Trinajstić information content (AvgIpc) is 2.73. The molecule has 0 amide bonds. The maximum absolute atomic E-state index is 5.63. The summed E-state index contributed by atoms with van der Waals surface area (Å²) in [5.41, 5.74) is 5.34. The van der Waals surface area contributed by atoms with Gasteiger partial charge in [0.2, 0.25) is 0 Å². The van der Waals surface area contributed by atoms with Gasteiger partial charge in [-0.1, -0.05) is 28.1 Å². The van der Waals surface area contributed by atoms with Crippen LogP contribution in [0, 0.1) is 0 Å². The van der Waals surface area contributed by atoms with Gasteiger partial charge in [-0.3, -0.25) is 11.3 Å². The van der Waals surface area contributed by atoms with Gasteiger partial charge in [-0.05, 0) is 57.1 Å². The summed E-state index contributed by atoms with van der Waals surface area (Å²) < 4.78 is 2.22. The SMILES string of the molecule is NNC(Cc1cccc(Br)c1)c1csc(Br)c1. The van der Waals surface area contributed by atoms with Crippen molar-refractivity contribution >= 4 is 43.2 Å². The fourth-order valence-electron chi connectivity index (χ4n) is 1.68. The van der Waals surface area contributed by atoms with Crippen LogP contribution in [-0.4, -0.2) is 0 Å².